The molecule has 0 amide bonds. The fourth-order valence-electron chi connectivity index (χ4n) is 1.69. The second kappa shape index (κ2) is 8.69. The van der Waals surface area contributed by atoms with Crippen LogP contribution in [0.3, 0.4) is 0 Å². The molecule has 0 unspecified atom stereocenters. The average molecular weight is 331 g/mol. The van der Waals surface area contributed by atoms with Gasteiger partial charge in [-0.15, -0.1) is 0 Å². The van der Waals surface area contributed by atoms with Crippen molar-refractivity contribution < 1.29 is 27.9 Å². The lowest BCUT2D eigenvalue weighted by Crippen LogP contribution is -2.09. The number of rotatable bonds is 2. The molecule has 2 rings (SSSR count). The number of nitrogens with zero attached hydrogens (tertiary/aromatic N) is 2. The van der Waals surface area contributed by atoms with Crippen LogP contribution in [0.1, 0.15) is 21.6 Å². The molecular weight excluding hydrogens is 315 g/mol. The van der Waals surface area contributed by atoms with Gasteiger partial charge in [0.2, 0.25) is 0 Å². The van der Waals surface area contributed by atoms with Gasteiger partial charge in [0.05, 0.1) is 11.1 Å². The third-order valence-corrected chi connectivity index (χ3v) is 2.54. The molecule has 0 aliphatic carbocycles. The van der Waals surface area contributed by atoms with Gasteiger partial charge in [-0.05, 0) is 26.1 Å². The van der Waals surface area contributed by atoms with Gasteiger partial charge in [0, 0.05) is 30.0 Å². The molecule has 6 nitrogen and oxygen atoms in total. The molecule has 0 fully saturated rings. The van der Waals surface area contributed by atoms with E-state index in [4.69, 9.17) is 9.90 Å². The molecule has 0 atom stereocenters. The topological polar surface area (TPSA) is 98.2 Å². The second-order valence-corrected chi connectivity index (χ2v) is 3.95. The summed E-state index contributed by atoms with van der Waals surface area (Å²) < 4.78 is 39.3. The highest BCUT2D eigenvalue weighted by atomic mass is 19.4. The van der Waals surface area contributed by atoms with Crippen molar-refractivity contribution in [3.63, 3.8) is 0 Å². The van der Waals surface area contributed by atoms with Crippen molar-refractivity contribution in [3.05, 3.63) is 47.5 Å². The fourth-order valence-corrected chi connectivity index (χ4v) is 1.69. The van der Waals surface area contributed by atoms with Gasteiger partial charge in [-0.2, -0.15) is 13.2 Å². The average Bonchev–Trinajstić information content (AvgIpc) is 2.97. The van der Waals surface area contributed by atoms with Crippen LogP contribution in [0.25, 0.3) is 5.69 Å². The van der Waals surface area contributed by atoms with E-state index in [1.54, 1.807) is 13.0 Å². The normalized spacial score (nSPS) is 10.0. The number of hydrogen-bond acceptors (Lipinski definition) is 4. The summed E-state index contributed by atoms with van der Waals surface area (Å²) in [5.41, 5.74) is 3.60. The summed E-state index contributed by atoms with van der Waals surface area (Å²) in [7, 11) is 1.50. The summed E-state index contributed by atoms with van der Waals surface area (Å²) in [5.74, 6) is -1.61. The highest BCUT2D eigenvalue weighted by Crippen LogP contribution is 2.33. The molecule has 0 aliphatic heterocycles. The van der Waals surface area contributed by atoms with Crippen LogP contribution in [0, 0.1) is 6.92 Å². The summed E-state index contributed by atoms with van der Waals surface area (Å²) in [4.78, 5) is 22.8. The molecule has 126 valence electrons. The van der Waals surface area contributed by atoms with Gasteiger partial charge in [0.25, 0.3) is 0 Å². The number of carboxylic acids is 1. The Kier molecular flexibility index (Phi) is 7.68. The zero-order chi connectivity index (χ0) is 18.2. The molecule has 2 aromatic rings. The number of alkyl halides is 3. The number of aromatic nitrogens is 2. The Morgan fingerprint density at radius 3 is 2.26 bits per heavy atom. The SMILES string of the molecule is C=O.CN.Cc1cc(-n2cc(C(=O)O)c(C(F)(F)F)c2)ccn1. The number of hydrogen-bond donors (Lipinski definition) is 2. The maximum atomic E-state index is 12.7. The number of aromatic carboxylic acids is 1. The lowest BCUT2D eigenvalue weighted by atomic mass is 10.2. The van der Waals surface area contributed by atoms with Gasteiger partial charge in [0.1, 0.15) is 6.79 Å². The molecule has 0 spiro atoms. The largest absolute Gasteiger partial charge is 0.478 e. The van der Waals surface area contributed by atoms with Crippen molar-refractivity contribution in [2.45, 2.75) is 13.1 Å². The van der Waals surface area contributed by atoms with Gasteiger partial charge in [-0.3, -0.25) is 4.98 Å². The first-order chi connectivity index (χ1) is 10.8. The summed E-state index contributed by atoms with van der Waals surface area (Å²) in [5, 5.41) is 8.82. The van der Waals surface area contributed by atoms with E-state index < -0.39 is 23.3 Å². The Morgan fingerprint density at radius 1 is 1.30 bits per heavy atom. The smallest absolute Gasteiger partial charge is 0.418 e. The Bertz CT molecular complexity index is 654. The van der Waals surface area contributed by atoms with E-state index in [-0.39, 0.29) is 0 Å². The molecule has 0 radical (unpaired) electrons. The van der Waals surface area contributed by atoms with Crippen LogP contribution in [-0.4, -0.2) is 34.5 Å². The van der Waals surface area contributed by atoms with Crippen LogP contribution in [-0.2, 0) is 11.0 Å². The number of pyridine rings is 1. The number of carboxylic acid groups (broad SMARTS) is 1. The van der Waals surface area contributed by atoms with E-state index in [0.717, 1.165) is 17.0 Å². The third kappa shape index (κ3) is 5.22. The van der Waals surface area contributed by atoms with E-state index in [1.807, 2.05) is 6.79 Å². The monoisotopic (exact) mass is 331 g/mol. The van der Waals surface area contributed by atoms with Gasteiger partial charge in [-0.1, -0.05) is 0 Å². The van der Waals surface area contributed by atoms with E-state index in [2.05, 4.69) is 10.7 Å². The predicted molar refractivity (Wildman–Crippen MR) is 77.5 cm³/mol. The first kappa shape index (κ1) is 20.3. The Labute approximate surface area is 130 Å². The zero-order valence-electron chi connectivity index (χ0n) is 12.5. The van der Waals surface area contributed by atoms with Gasteiger partial charge in [0.15, 0.2) is 0 Å². The fraction of sp³-hybridized carbons (Fsp3) is 0.214. The second-order valence-electron chi connectivity index (χ2n) is 3.95. The molecule has 9 heteroatoms. The molecule has 2 aromatic heterocycles. The maximum Gasteiger partial charge on any atom is 0.418 e. The summed E-state index contributed by atoms with van der Waals surface area (Å²) in [6, 6.07) is 3.06. The van der Waals surface area contributed by atoms with Crippen LogP contribution < -0.4 is 5.73 Å². The van der Waals surface area contributed by atoms with Crippen molar-refractivity contribution >= 4 is 12.8 Å². The maximum absolute atomic E-state index is 12.7. The van der Waals surface area contributed by atoms with Crippen LogP contribution in [0.4, 0.5) is 13.2 Å². The van der Waals surface area contributed by atoms with Crippen molar-refractivity contribution in [3.8, 4) is 5.69 Å². The lowest BCUT2D eigenvalue weighted by Gasteiger charge is -2.05. The molecule has 23 heavy (non-hydrogen) atoms. The van der Waals surface area contributed by atoms with Crippen LogP contribution in [0.2, 0.25) is 0 Å². The number of nitrogens with two attached hydrogens (primary N) is 1. The number of carbonyl (C=O) groups excluding carboxylic acids is 1. The molecule has 0 aromatic carbocycles. The van der Waals surface area contributed by atoms with Gasteiger partial charge >= 0.3 is 12.1 Å². The van der Waals surface area contributed by atoms with Crippen LogP contribution in [0.5, 0.6) is 0 Å². The highest BCUT2D eigenvalue weighted by Gasteiger charge is 2.37. The Balaban J connectivity index is 0.00000112. The molecular formula is C14H16F3N3O3. The predicted octanol–water partition coefficient (Wildman–Crippen LogP) is 2.29. The van der Waals surface area contributed by atoms with Crippen molar-refractivity contribution in [2.75, 3.05) is 7.05 Å². The van der Waals surface area contributed by atoms with E-state index in [0.29, 0.717) is 11.4 Å². The Morgan fingerprint density at radius 2 is 1.87 bits per heavy atom. The van der Waals surface area contributed by atoms with Gasteiger partial charge < -0.3 is 20.2 Å². The molecule has 0 saturated heterocycles. The lowest BCUT2D eigenvalue weighted by molar-refractivity contribution is -0.138. The molecule has 2 heterocycles. The standard InChI is InChI=1S/C12H9F3N2O2.CH5N.CH2O/c1-7-4-8(2-3-16-7)17-5-9(11(18)19)10(6-17)12(13,14)15;2*1-2/h2-6H,1H3,(H,18,19);2H2,1H3;1H2. The van der Waals surface area contributed by atoms with Crippen molar-refractivity contribution in [1.29, 1.82) is 0 Å². The van der Waals surface area contributed by atoms with Gasteiger partial charge in [-0.25, -0.2) is 4.79 Å². The Hall–Kier alpha value is -2.68. The number of carbonyl (C=O) groups is 2. The minimum atomic E-state index is -4.71. The summed E-state index contributed by atoms with van der Waals surface area (Å²) in [6.45, 7) is 3.69. The first-order valence-corrected chi connectivity index (χ1v) is 6.11. The third-order valence-electron chi connectivity index (χ3n) is 2.54. The highest BCUT2D eigenvalue weighted by molar-refractivity contribution is 5.89. The van der Waals surface area contributed by atoms with E-state index in [9.17, 15) is 18.0 Å². The quantitative estimate of drug-likeness (QED) is 0.880. The van der Waals surface area contributed by atoms with E-state index in [1.165, 1.54) is 19.3 Å². The minimum absolute atomic E-state index is 0.422. The van der Waals surface area contributed by atoms with Crippen molar-refractivity contribution in [1.82, 2.24) is 9.55 Å². The molecule has 0 saturated carbocycles. The number of aryl methyl sites for hydroxylation is 1. The number of halogens is 3. The van der Waals surface area contributed by atoms with Crippen LogP contribution >= 0.6 is 0 Å². The molecule has 3 N–H and O–H groups in total. The van der Waals surface area contributed by atoms with Crippen LogP contribution in [0.15, 0.2) is 30.7 Å². The summed E-state index contributed by atoms with van der Waals surface area (Å²) in [6.07, 6.45) is -1.56. The molecule has 0 aliphatic rings. The first-order valence-electron chi connectivity index (χ1n) is 6.11. The molecule has 0 bridgehead atoms. The minimum Gasteiger partial charge on any atom is -0.478 e. The van der Waals surface area contributed by atoms with E-state index >= 15 is 0 Å². The zero-order valence-corrected chi connectivity index (χ0v) is 12.5. The van der Waals surface area contributed by atoms with Crippen molar-refractivity contribution in [2.24, 2.45) is 5.73 Å². The summed E-state index contributed by atoms with van der Waals surface area (Å²) >= 11 is 0.